The van der Waals surface area contributed by atoms with Crippen molar-refractivity contribution in [3.8, 4) is 0 Å². The number of nitro groups is 1. The number of nitrogens with one attached hydrogen (secondary N) is 2. The Morgan fingerprint density at radius 2 is 2.37 bits per heavy atom. The molecule has 9 heteroatoms. The fourth-order valence-electron chi connectivity index (χ4n) is 1.76. The van der Waals surface area contributed by atoms with Crippen molar-refractivity contribution >= 4 is 29.1 Å². The highest BCUT2D eigenvalue weighted by Gasteiger charge is 2.28. The van der Waals surface area contributed by atoms with Crippen molar-refractivity contribution < 1.29 is 14.5 Å². The van der Waals surface area contributed by atoms with Crippen LogP contribution < -0.4 is 10.6 Å². The van der Waals surface area contributed by atoms with Gasteiger partial charge in [-0.2, -0.15) is 0 Å². The molecule has 100 valence electrons. The normalized spacial score (nSPS) is 17.9. The summed E-state index contributed by atoms with van der Waals surface area (Å²) in [6.45, 7) is 0.303. The van der Waals surface area contributed by atoms with Gasteiger partial charge in [0.1, 0.15) is 5.56 Å². The Bertz CT molecular complexity index is 562. The summed E-state index contributed by atoms with van der Waals surface area (Å²) in [6.07, 6.45) is 1.36. The Morgan fingerprint density at radius 1 is 1.63 bits per heavy atom. The third kappa shape index (κ3) is 2.79. The summed E-state index contributed by atoms with van der Waals surface area (Å²) in [5, 5.41) is 15.6. The maximum absolute atomic E-state index is 11.9. The monoisotopic (exact) mass is 284 g/mol. The molecule has 2 N–H and O–H groups in total. The van der Waals surface area contributed by atoms with Crippen LogP contribution in [0.1, 0.15) is 16.8 Å². The molecule has 1 atom stereocenters. The number of hydrogen-bond acceptors (Lipinski definition) is 5. The van der Waals surface area contributed by atoms with Crippen molar-refractivity contribution in [3.05, 3.63) is 33.1 Å². The van der Waals surface area contributed by atoms with Crippen molar-refractivity contribution in [3.63, 3.8) is 0 Å². The molecule has 1 aromatic heterocycles. The van der Waals surface area contributed by atoms with Gasteiger partial charge < -0.3 is 10.6 Å². The number of pyridine rings is 1. The molecule has 0 radical (unpaired) electrons. The molecule has 19 heavy (non-hydrogen) atoms. The van der Waals surface area contributed by atoms with Gasteiger partial charge in [0.15, 0.2) is 0 Å². The van der Waals surface area contributed by atoms with E-state index in [1.165, 1.54) is 12.3 Å². The summed E-state index contributed by atoms with van der Waals surface area (Å²) in [4.78, 5) is 36.6. The quantitative estimate of drug-likeness (QED) is 0.469. The Kier molecular flexibility index (Phi) is 3.61. The number of carbonyl (C=O) groups is 2. The Hall–Kier alpha value is -2.22. The van der Waals surface area contributed by atoms with Gasteiger partial charge in [-0.25, -0.2) is 4.98 Å². The van der Waals surface area contributed by atoms with Crippen LogP contribution in [0.4, 0.5) is 5.69 Å². The van der Waals surface area contributed by atoms with Gasteiger partial charge in [0.2, 0.25) is 11.1 Å². The lowest BCUT2D eigenvalue weighted by Gasteiger charge is -2.10. The number of amides is 2. The van der Waals surface area contributed by atoms with E-state index in [-0.39, 0.29) is 29.1 Å². The van der Waals surface area contributed by atoms with Crippen LogP contribution in [-0.2, 0) is 4.79 Å². The minimum atomic E-state index is -0.762. The summed E-state index contributed by atoms with van der Waals surface area (Å²) < 4.78 is 0. The zero-order valence-corrected chi connectivity index (χ0v) is 10.3. The van der Waals surface area contributed by atoms with Gasteiger partial charge in [-0.1, -0.05) is 11.6 Å². The average molecular weight is 285 g/mol. The van der Waals surface area contributed by atoms with E-state index >= 15 is 0 Å². The molecule has 2 amide bonds. The zero-order valence-electron chi connectivity index (χ0n) is 9.55. The molecule has 0 aromatic carbocycles. The second-order valence-electron chi connectivity index (χ2n) is 3.93. The second kappa shape index (κ2) is 5.19. The van der Waals surface area contributed by atoms with Crippen LogP contribution in [0.3, 0.4) is 0 Å². The largest absolute Gasteiger partial charge is 0.354 e. The van der Waals surface area contributed by atoms with Gasteiger partial charge in [-0.3, -0.25) is 19.7 Å². The summed E-state index contributed by atoms with van der Waals surface area (Å²) in [7, 11) is 0. The standard InChI is InChI=1S/C10H9ClN4O4/c11-9-8(15(18)19)6(1-2-12-9)10(17)14-5-3-7(16)13-4-5/h1-2,5H,3-4H2,(H,13,16)(H,14,17). The highest BCUT2D eigenvalue weighted by molar-refractivity contribution is 6.32. The molecule has 1 aliphatic rings. The predicted molar refractivity (Wildman–Crippen MR) is 64.8 cm³/mol. The number of hydrogen-bond donors (Lipinski definition) is 2. The van der Waals surface area contributed by atoms with E-state index in [0.717, 1.165) is 0 Å². The maximum atomic E-state index is 11.9. The molecule has 0 spiro atoms. The van der Waals surface area contributed by atoms with Crippen molar-refractivity contribution in [1.82, 2.24) is 15.6 Å². The third-order valence-corrected chi connectivity index (χ3v) is 2.90. The van der Waals surface area contributed by atoms with Crippen LogP contribution in [0, 0.1) is 10.1 Å². The molecule has 1 saturated heterocycles. The van der Waals surface area contributed by atoms with Crippen LogP contribution in [0.25, 0.3) is 0 Å². The number of aromatic nitrogens is 1. The van der Waals surface area contributed by atoms with E-state index in [0.29, 0.717) is 6.54 Å². The second-order valence-corrected chi connectivity index (χ2v) is 4.29. The highest BCUT2D eigenvalue weighted by Crippen LogP contribution is 2.25. The minimum absolute atomic E-state index is 0.151. The van der Waals surface area contributed by atoms with Gasteiger partial charge in [-0.15, -0.1) is 0 Å². The predicted octanol–water partition coefficient (Wildman–Crippen LogP) is 0.261. The Morgan fingerprint density at radius 3 is 2.95 bits per heavy atom. The molecule has 1 aliphatic heterocycles. The molecule has 1 unspecified atom stereocenters. The first kappa shape index (κ1) is 13.2. The van der Waals surface area contributed by atoms with Crippen LogP contribution in [0.2, 0.25) is 5.15 Å². The summed E-state index contributed by atoms with van der Waals surface area (Å²) in [5.41, 5.74) is -0.719. The van der Waals surface area contributed by atoms with Crippen LogP contribution in [0.15, 0.2) is 12.3 Å². The first-order valence-corrected chi connectivity index (χ1v) is 5.73. The number of carbonyl (C=O) groups excluding carboxylic acids is 2. The van der Waals surface area contributed by atoms with E-state index in [1.54, 1.807) is 0 Å². The van der Waals surface area contributed by atoms with E-state index in [4.69, 9.17) is 11.6 Å². The molecular formula is C10H9ClN4O4. The molecule has 8 nitrogen and oxygen atoms in total. The van der Waals surface area contributed by atoms with Gasteiger partial charge in [-0.05, 0) is 6.07 Å². The molecular weight excluding hydrogens is 276 g/mol. The smallest absolute Gasteiger partial charge is 0.319 e. The first-order valence-electron chi connectivity index (χ1n) is 5.35. The Balaban J connectivity index is 2.22. The molecule has 1 aromatic rings. The van der Waals surface area contributed by atoms with Crippen LogP contribution in [-0.4, -0.2) is 34.3 Å². The van der Waals surface area contributed by atoms with Gasteiger partial charge in [0.05, 0.1) is 11.0 Å². The number of halogens is 1. The average Bonchev–Trinajstić information content (AvgIpc) is 2.73. The van der Waals surface area contributed by atoms with Crippen molar-refractivity contribution in [2.45, 2.75) is 12.5 Å². The zero-order chi connectivity index (χ0) is 14.0. The number of rotatable bonds is 3. The minimum Gasteiger partial charge on any atom is -0.354 e. The lowest BCUT2D eigenvalue weighted by molar-refractivity contribution is -0.385. The number of nitrogens with zero attached hydrogens (tertiary/aromatic N) is 2. The van der Waals surface area contributed by atoms with E-state index in [2.05, 4.69) is 15.6 Å². The lowest BCUT2D eigenvalue weighted by atomic mass is 10.2. The highest BCUT2D eigenvalue weighted by atomic mass is 35.5. The summed E-state index contributed by atoms with van der Waals surface area (Å²) >= 11 is 5.61. The first-order chi connectivity index (χ1) is 8.99. The molecule has 0 aliphatic carbocycles. The molecule has 2 rings (SSSR count). The molecule has 2 heterocycles. The van der Waals surface area contributed by atoms with Crippen LogP contribution in [0.5, 0.6) is 0 Å². The van der Waals surface area contributed by atoms with Gasteiger partial charge in [0, 0.05) is 19.2 Å². The van der Waals surface area contributed by atoms with Crippen molar-refractivity contribution in [2.24, 2.45) is 0 Å². The fraction of sp³-hybridized carbons (Fsp3) is 0.300. The molecule has 1 fully saturated rings. The van der Waals surface area contributed by atoms with Gasteiger partial charge in [0.25, 0.3) is 5.91 Å². The molecule has 0 saturated carbocycles. The summed E-state index contributed by atoms with van der Waals surface area (Å²) in [6, 6.07) is 0.829. The fourth-order valence-corrected chi connectivity index (χ4v) is 1.98. The molecule has 0 bridgehead atoms. The third-order valence-electron chi connectivity index (χ3n) is 2.62. The Labute approximate surface area is 112 Å². The maximum Gasteiger partial charge on any atom is 0.319 e. The van der Waals surface area contributed by atoms with E-state index in [9.17, 15) is 19.7 Å². The van der Waals surface area contributed by atoms with E-state index < -0.39 is 16.5 Å². The topological polar surface area (TPSA) is 114 Å². The lowest BCUT2D eigenvalue weighted by Crippen LogP contribution is -2.36. The van der Waals surface area contributed by atoms with Gasteiger partial charge >= 0.3 is 5.69 Å². The van der Waals surface area contributed by atoms with Crippen molar-refractivity contribution in [2.75, 3.05) is 6.54 Å². The SMILES string of the molecule is O=C1CC(NC(=O)c2ccnc(Cl)c2[N+](=O)[O-])CN1. The summed E-state index contributed by atoms with van der Waals surface area (Å²) in [5.74, 6) is -0.829. The van der Waals surface area contributed by atoms with Crippen molar-refractivity contribution in [1.29, 1.82) is 0 Å². The van der Waals surface area contributed by atoms with E-state index in [1.807, 2.05) is 0 Å². The van der Waals surface area contributed by atoms with Crippen LogP contribution >= 0.6 is 11.6 Å².